The van der Waals surface area contributed by atoms with Gasteiger partial charge in [0.15, 0.2) is 0 Å². The van der Waals surface area contributed by atoms with Crippen molar-refractivity contribution in [1.82, 2.24) is 15.6 Å². The van der Waals surface area contributed by atoms with Gasteiger partial charge in [0.05, 0.1) is 0 Å². The van der Waals surface area contributed by atoms with Crippen LogP contribution < -0.4 is 15.5 Å². The number of aromatic nitrogens is 1. The molecule has 1 saturated heterocycles. The molecule has 1 aromatic heterocycles. The van der Waals surface area contributed by atoms with Crippen LogP contribution in [0.3, 0.4) is 0 Å². The summed E-state index contributed by atoms with van der Waals surface area (Å²) in [6, 6.07) is 8.30. The van der Waals surface area contributed by atoms with E-state index in [2.05, 4.69) is 27.8 Å². The van der Waals surface area contributed by atoms with Gasteiger partial charge in [-0.25, -0.2) is 0 Å². The van der Waals surface area contributed by atoms with Crippen LogP contribution >= 0.6 is 0 Å². The lowest BCUT2D eigenvalue weighted by molar-refractivity contribution is 0.0936. The van der Waals surface area contributed by atoms with Crippen LogP contribution in [-0.2, 0) is 0 Å². The van der Waals surface area contributed by atoms with E-state index in [1.165, 1.54) is 0 Å². The van der Waals surface area contributed by atoms with Crippen molar-refractivity contribution in [1.29, 1.82) is 0 Å². The standard InChI is InChI=1S/C15H20N4O/c1-19(2)12-4-3-10-7-14(18-13(10)8-12)15(20)17-11-5-6-16-9-11/h3-4,7-8,11,16,18H,5-6,9H2,1-2H3,(H,17,20). The van der Waals surface area contributed by atoms with E-state index in [4.69, 9.17) is 0 Å². The number of fused-ring (bicyclic) bond motifs is 1. The Bertz CT molecular complexity index is 626. The fourth-order valence-corrected chi connectivity index (χ4v) is 2.56. The predicted octanol–water partition coefficient (Wildman–Crippen LogP) is 1.33. The molecule has 5 nitrogen and oxygen atoms in total. The normalized spacial score (nSPS) is 18.4. The van der Waals surface area contributed by atoms with Gasteiger partial charge < -0.3 is 20.5 Å². The molecule has 3 rings (SSSR count). The summed E-state index contributed by atoms with van der Waals surface area (Å²) in [6.07, 6.45) is 0.997. The number of hydrogen-bond donors (Lipinski definition) is 3. The lowest BCUT2D eigenvalue weighted by Gasteiger charge is -2.11. The quantitative estimate of drug-likeness (QED) is 0.790. The third-order valence-electron chi connectivity index (χ3n) is 3.76. The molecule has 2 aromatic rings. The highest BCUT2D eigenvalue weighted by Crippen LogP contribution is 2.21. The predicted molar refractivity (Wildman–Crippen MR) is 81.4 cm³/mol. The number of H-pyrrole nitrogens is 1. The number of benzene rings is 1. The zero-order valence-corrected chi connectivity index (χ0v) is 11.9. The topological polar surface area (TPSA) is 60.2 Å². The molecule has 2 heterocycles. The van der Waals surface area contributed by atoms with E-state index in [0.29, 0.717) is 5.69 Å². The van der Waals surface area contributed by atoms with E-state index in [9.17, 15) is 4.79 Å². The highest BCUT2D eigenvalue weighted by atomic mass is 16.1. The summed E-state index contributed by atoms with van der Waals surface area (Å²) >= 11 is 0. The highest BCUT2D eigenvalue weighted by molar-refractivity contribution is 5.98. The van der Waals surface area contributed by atoms with Gasteiger partial charge in [0.2, 0.25) is 0 Å². The number of nitrogens with one attached hydrogen (secondary N) is 3. The SMILES string of the molecule is CN(C)c1ccc2cc(C(=O)NC3CCNC3)[nH]c2c1. The van der Waals surface area contributed by atoms with Gasteiger partial charge in [-0.3, -0.25) is 4.79 Å². The first-order valence-corrected chi connectivity index (χ1v) is 6.95. The molecule has 3 N–H and O–H groups in total. The molecule has 5 heteroatoms. The molecule has 0 spiro atoms. The maximum Gasteiger partial charge on any atom is 0.267 e. The van der Waals surface area contributed by atoms with Crippen LogP contribution in [0, 0.1) is 0 Å². The summed E-state index contributed by atoms with van der Waals surface area (Å²) in [5, 5.41) is 7.36. The lowest BCUT2D eigenvalue weighted by atomic mass is 10.2. The fourth-order valence-electron chi connectivity index (χ4n) is 2.56. The van der Waals surface area contributed by atoms with E-state index >= 15 is 0 Å². The molecule has 1 atom stereocenters. The van der Waals surface area contributed by atoms with E-state index in [1.807, 2.05) is 31.1 Å². The Morgan fingerprint density at radius 2 is 2.20 bits per heavy atom. The van der Waals surface area contributed by atoms with Crippen molar-refractivity contribution < 1.29 is 4.79 Å². The minimum Gasteiger partial charge on any atom is -0.378 e. The van der Waals surface area contributed by atoms with Crippen LogP contribution in [0.25, 0.3) is 10.9 Å². The Hall–Kier alpha value is -2.01. The molecule has 0 bridgehead atoms. The molecular formula is C15H20N4O. The zero-order chi connectivity index (χ0) is 14.1. The average molecular weight is 272 g/mol. The van der Waals surface area contributed by atoms with Gasteiger partial charge in [0, 0.05) is 43.3 Å². The molecule has 1 aliphatic heterocycles. The third-order valence-corrected chi connectivity index (χ3v) is 3.76. The van der Waals surface area contributed by atoms with Crippen molar-refractivity contribution in [2.24, 2.45) is 0 Å². The van der Waals surface area contributed by atoms with Crippen LogP contribution in [0.2, 0.25) is 0 Å². The van der Waals surface area contributed by atoms with Crippen molar-refractivity contribution >= 4 is 22.5 Å². The van der Waals surface area contributed by atoms with Crippen molar-refractivity contribution in [3.8, 4) is 0 Å². The Balaban J connectivity index is 1.82. The molecule has 1 aromatic carbocycles. The third kappa shape index (κ3) is 2.49. The number of hydrogen-bond acceptors (Lipinski definition) is 3. The molecule has 106 valence electrons. The van der Waals surface area contributed by atoms with Crippen molar-refractivity contribution in [3.05, 3.63) is 30.0 Å². The zero-order valence-electron chi connectivity index (χ0n) is 11.9. The largest absolute Gasteiger partial charge is 0.378 e. The van der Waals surface area contributed by atoms with Gasteiger partial charge in [-0.1, -0.05) is 6.07 Å². The molecule has 1 fully saturated rings. The number of nitrogens with zero attached hydrogens (tertiary/aromatic N) is 1. The Morgan fingerprint density at radius 3 is 2.90 bits per heavy atom. The van der Waals surface area contributed by atoms with Gasteiger partial charge in [0.1, 0.15) is 5.69 Å². The molecule has 1 amide bonds. The molecule has 0 aliphatic carbocycles. The van der Waals surface area contributed by atoms with Gasteiger partial charge in [-0.05, 0) is 31.2 Å². The lowest BCUT2D eigenvalue weighted by Crippen LogP contribution is -2.36. The molecule has 0 radical (unpaired) electrons. The van der Waals surface area contributed by atoms with Gasteiger partial charge >= 0.3 is 0 Å². The number of aromatic amines is 1. The highest BCUT2D eigenvalue weighted by Gasteiger charge is 2.18. The molecule has 20 heavy (non-hydrogen) atoms. The average Bonchev–Trinajstić information content (AvgIpc) is 3.05. The summed E-state index contributed by atoms with van der Waals surface area (Å²) in [5.74, 6) is -0.0266. The monoisotopic (exact) mass is 272 g/mol. The number of amides is 1. The minimum absolute atomic E-state index is 0.0266. The number of rotatable bonds is 3. The van der Waals surface area contributed by atoms with Crippen LogP contribution in [0.5, 0.6) is 0 Å². The van der Waals surface area contributed by atoms with Gasteiger partial charge in [-0.2, -0.15) is 0 Å². The first kappa shape index (κ1) is 13.0. The van der Waals surface area contributed by atoms with Crippen molar-refractivity contribution in [3.63, 3.8) is 0 Å². The van der Waals surface area contributed by atoms with E-state index in [-0.39, 0.29) is 11.9 Å². The molecule has 0 saturated carbocycles. The van der Waals surface area contributed by atoms with Crippen LogP contribution in [0.1, 0.15) is 16.9 Å². The van der Waals surface area contributed by atoms with Crippen LogP contribution in [0.15, 0.2) is 24.3 Å². The van der Waals surface area contributed by atoms with Gasteiger partial charge in [-0.15, -0.1) is 0 Å². The summed E-state index contributed by atoms with van der Waals surface area (Å²) in [4.78, 5) is 17.5. The first-order valence-electron chi connectivity index (χ1n) is 6.95. The summed E-state index contributed by atoms with van der Waals surface area (Å²) in [5.41, 5.74) is 2.74. The van der Waals surface area contributed by atoms with Crippen LogP contribution in [-0.4, -0.2) is 44.1 Å². The second kappa shape index (κ2) is 5.17. The Morgan fingerprint density at radius 1 is 1.35 bits per heavy atom. The molecule has 1 unspecified atom stereocenters. The van der Waals surface area contributed by atoms with E-state index in [1.54, 1.807) is 0 Å². The molecular weight excluding hydrogens is 252 g/mol. The maximum atomic E-state index is 12.2. The van der Waals surface area contributed by atoms with Gasteiger partial charge in [0.25, 0.3) is 5.91 Å². The van der Waals surface area contributed by atoms with Crippen molar-refractivity contribution in [2.45, 2.75) is 12.5 Å². The Kier molecular flexibility index (Phi) is 3.36. The molecule has 1 aliphatic rings. The minimum atomic E-state index is -0.0266. The number of carbonyl (C=O) groups excluding carboxylic acids is 1. The summed E-state index contributed by atoms with van der Waals surface area (Å²) in [6.45, 7) is 1.83. The summed E-state index contributed by atoms with van der Waals surface area (Å²) in [7, 11) is 4.01. The first-order chi connectivity index (χ1) is 9.63. The summed E-state index contributed by atoms with van der Waals surface area (Å²) < 4.78 is 0. The smallest absolute Gasteiger partial charge is 0.267 e. The number of anilines is 1. The van der Waals surface area contributed by atoms with Crippen molar-refractivity contribution in [2.75, 3.05) is 32.1 Å². The van der Waals surface area contributed by atoms with E-state index < -0.39 is 0 Å². The fraction of sp³-hybridized carbons (Fsp3) is 0.400. The van der Waals surface area contributed by atoms with E-state index in [0.717, 1.165) is 36.1 Å². The maximum absolute atomic E-state index is 12.2. The van der Waals surface area contributed by atoms with Crippen LogP contribution in [0.4, 0.5) is 5.69 Å². The second-order valence-electron chi connectivity index (χ2n) is 5.51. The second-order valence-corrected chi connectivity index (χ2v) is 5.51. The number of carbonyl (C=O) groups is 1. The Labute approximate surface area is 118 Å².